The first kappa shape index (κ1) is 17.8. The van der Waals surface area contributed by atoms with Crippen molar-refractivity contribution in [1.82, 2.24) is 19.4 Å². The number of nitrogens with zero attached hydrogens (tertiary/aromatic N) is 4. The van der Waals surface area contributed by atoms with Crippen molar-refractivity contribution in [3.05, 3.63) is 60.9 Å². The van der Waals surface area contributed by atoms with E-state index in [9.17, 15) is 4.39 Å². The lowest BCUT2D eigenvalue weighted by molar-refractivity contribution is 0.0369. The molecule has 5 nitrogen and oxygen atoms in total. The minimum Gasteiger partial charge on any atom is -0.379 e. The minimum atomic E-state index is -0.234. The molecular weight excluding hydrogens is 343 g/mol. The highest BCUT2D eigenvalue weighted by molar-refractivity contribution is 5.78. The Labute approximate surface area is 158 Å². The second-order valence-corrected chi connectivity index (χ2v) is 6.69. The number of morpholine rings is 1. The van der Waals surface area contributed by atoms with Crippen LogP contribution >= 0.6 is 0 Å². The van der Waals surface area contributed by atoms with Gasteiger partial charge in [-0.1, -0.05) is 0 Å². The van der Waals surface area contributed by atoms with Gasteiger partial charge in [0.05, 0.1) is 30.9 Å². The molecule has 0 unspecified atom stereocenters. The quantitative estimate of drug-likeness (QED) is 0.670. The molecule has 0 bridgehead atoms. The number of aromatic nitrogens is 3. The molecule has 1 aromatic carbocycles. The Kier molecular flexibility index (Phi) is 5.55. The number of hydrogen-bond donors (Lipinski definition) is 0. The number of rotatable bonds is 6. The van der Waals surface area contributed by atoms with Gasteiger partial charge in [0.2, 0.25) is 0 Å². The SMILES string of the molecule is Fc1ccc(-c2c(-c3ccncc3)ncn2CCCN2CCOCC2)cc1. The number of aryl methyl sites for hydroxylation is 1. The molecule has 1 fully saturated rings. The van der Waals surface area contributed by atoms with E-state index in [0.717, 1.165) is 68.3 Å². The molecule has 0 spiro atoms. The molecule has 1 saturated heterocycles. The summed E-state index contributed by atoms with van der Waals surface area (Å²) < 4.78 is 21.0. The maximum atomic E-state index is 13.4. The monoisotopic (exact) mass is 366 g/mol. The van der Waals surface area contributed by atoms with Gasteiger partial charge in [0.15, 0.2) is 0 Å². The van der Waals surface area contributed by atoms with Crippen LogP contribution in [0.25, 0.3) is 22.5 Å². The third-order valence-electron chi connectivity index (χ3n) is 4.89. The van der Waals surface area contributed by atoms with E-state index in [2.05, 4.69) is 19.4 Å². The highest BCUT2D eigenvalue weighted by Crippen LogP contribution is 2.31. The zero-order chi connectivity index (χ0) is 18.5. The van der Waals surface area contributed by atoms with Crippen molar-refractivity contribution in [2.75, 3.05) is 32.8 Å². The third-order valence-corrected chi connectivity index (χ3v) is 4.89. The molecule has 0 atom stereocenters. The second-order valence-electron chi connectivity index (χ2n) is 6.69. The standard InChI is InChI=1S/C21H23FN4O/c22-19-4-2-18(3-5-19)21-20(17-6-8-23-9-7-17)24-16-26(21)11-1-10-25-12-14-27-15-13-25/h2-9,16H,1,10-15H2. The molecule has 27 heavy (non-hydrogen) atoms. The van der Waals surface area contributed by atoms with E-state index in [-0.39, 0.29) is 5.82 Å². The van der Waals surface area contributed by atoms with Gasteiger partial charge in [-0.15, -0.1) is 0 Å². The summed E-state index contributed by atoms with van der Waals surface area (Å²) >= 11 is 0. The largest absolute Gasteiger partial charge is 0.379 e. The molecule has 3 aromatic rings. The van der Waals surface area contributed by atoms with Crippen molar-refractivity contribution >= 4 is 0 Å². The highest BCUT2D eigenvalue weighted by Gasteiger charge is 2.16. The summed E-state index contributed by atoms with van der Waals surface area (Å²) in [6, 6.07) is 10.5. The van der Waals surface area contributed by atoms with E-state index in [1.165, 1.54) is 12.1 Å². The van der Waals surface area contributed by atoms with Crippen LogP contribution in [0, 0.1) is 5.82 Å². The van der Waals surface area contributed by atoms with Crippen LogP contribution in [0.2, 0.25) is 0 Å². The Morgan fingerprint density at radius 1 is 0.926 bits per heavy atom. The molecule has 3 heterocycles. The van der Waals surface area contributed by atoms with Gasteiger partial charge < -0.3 is 9.30 Å². The Bertz CT molecular complexity index is 858. The first-order valence-electron chi connectivity index (χ1n) is 9.33. The highest BCUT2D eigenvalue weighted by atomic mass is 19.1. The Morgan fingerprint density at radius 2 is 1.67 bits per heavy atom. The predicted octanol–water partition coefficient (Wildman–Crippen LogP) is 3.47. The van der Waals surface area contributed by atoms with Gasteiger partial charge in [0.25, 0.3) is 0 Å². The Balaban J connectivity index is 1.59. The van der Waals surface area contributed by atoms with Crippen LogP contribution in [0.1, 0.15) is 6.42 Å². The summed E-state index contributed by atoms with van der Waals surface area (Å²) in [6.07, 6.45) is 6.44. The summed E-state index contributed by atoms with van der Waals surface area (Å²) in [5.41, 5.74) is 3.89. The van der Waals surface area contributed by atoms with E-state index < -0.39 is 0 Å². The van der Waals surface area contributed by atoms with Crippen LogP contribution in [-0.2, 0) is 11.3 Å². The normalized spacial score (nSPS) is 15.1. The zero-order valence-electron chi connectivity index (χ0n) is 15.2. The number of hydrogen-bond acceptors (Lipinski definition) is 4. The van der Waals surface area contributed by atoms with Gasteiger partial charge in [-0.25, -0.2) is 9.37 Å². The van der Waals surface area contributed by atoms with Crippen LogP contribution < -0.4 is 0 Å². The van der Waals surface area contributed by atoms with Gasteiger partial charge in [-0.3, -0.25) is 9.88 Å². The first-order chi connectivity index (χ1) is 13.3. The lowest BCUT2D eigenvalue weighted by Gasteiger charge is -2.26. The number of imidazole rings is 1. The lowest BCUT2D eigenvalue weighted by atomic mass is 10.1. The maximum absolute atomic E-state index is 13.4. The summed E-state index contributed by atoms with van der Waals surface area (Å²) in [6.45, 7) is 5.53. The van der Waals surface area contributed by atoms with Crippen LogP contribution in [0.4, 0.5) is 4.39 Å². The summed E-state index contributed by atoms with van der Waals surface area (Å²) in [5.74, 6) is -0.234. The van der Waals surface area contributed by atoms with Crippen LogP contribution in [0.5, 0.6) is 0 Å². The van der Waals surface area contributed by atoms with Crippen molar-refractivity contribution in [2.45, 2.75) is 13.0 Å². The van der Waals surface area contributed by atoms with E-state index in [1.54, 1.807) is 12.4 Å². The minimum absolute atomic E-state index is 0.234. The van der Waals surface area contributed by atoms with Gasteiger partial charge in [0.1, 0.15) is 5.82 Å². The fourth-order valence-electron chi connectivity index (χ4n) is 3.47. The lowest BCUT2D eigenvalue weighted by Crippen LogP contribution is -2.37. The zero-order valence-corrected chi connectivity index (χ0v) is 15.2. The average molecular weight is 366 g/mol. The molecule has 0 amide bonds. The Hall–Kier alpha value is -2.57. The smallest absolute Gasteiger partial charge is 0.123 e. The fourth-order valence-corrected chi connectivity index (χ4v) is 3.47. The van der Waals surface area contributed by atoms with Crippen molar-refractivity contribution in [1.29, 1.82) is 0 Å². The summed E-state index contributed by atoms with van der Waals surface area (Å²) in [7, 11) is 0. The molecule has 0 N–H and O–H groups in total. The average Bonchev–Trinajstić information content (AvgIpc) is 3.14. The Morgan fingerprint density at radius 3 is 2.41 bits per heavy atom. The molecule has 0 radical (unpaired) electrons. The van der Waals surface area contributed by atoms with Crippen molar-refractivity contribution in [2.24, 2.45) is 0 Å². The number of ether oxygens (including phenoxy) is 1. The molecule has 4 rings (SSSR count). The maximum Gasteiger partial charge on any atom is 0.123 e. The van der Waals surface area contributed by atoms with Gasteiger partial charge >= 0.3 is 0 Å². The van der Waals surface area contributed by atoms with Gasteiger partial charge in [-0.05, 0) is 42.8 Å². The van der Waals surface area contributed by atoms with E-state index in [1.807, 2.05) is 30.6 Å². The molecule has 1 aliphatic rings. The van der Waals surface area contributed by atoms with Gasteiger partial charge in [-0.2, -0.15) is 0 Å². The summed E-state index contributed by atoms with van der Waals surface area (Å²) in [4.78, 5) is 11.2. The number of pyridine rings is 1. The van der Waals surface area contributed by atoms with Crippen molar-refractivity contribution in [3.8, 4) is 22.5 Å². The molecular formula is C21H23FN4O. The molecule has 1 aliphatic heterocycles. The van der Waals surface area contributed by atoms with Crippen LogP contribution in [-0.4, -0.2) is 52.3 Å². The predicted molar refractivity (Wildman–Crippen MR) is 103 cm³/mol. The molecule has 140 valence electrons. The van der Waals surface area contributed by atoms with Crippen molar-refractivity contribution in [3.63, 3.8) is 0 Å². The van der Waals surface area contributed by atoms with E-state index in [0.29, 0.717) is 0 Å². The summed E-state index contributed by atoms with van der Waals surface area (Å²) in [5, 5.41) is 0. The van der Waals surface area contributed by atoms with Crippen molar-refractivity contribution < 1.29 is 9.13 Å². The fraction of sp³-hybridized carbons (Fsp3) is 0.333. The second kappa shape index (κ2) is 8.41. The molecule has 2 aromatic heterocycles. The van der Waals surface area contributed by atoms with Gasteiger partial charge in [0, 0.05) is 49.7 Å². The molecule has 6 heteroatoms. The number of halogens is 1. The number of benzene rings is 1. The first-order valence-corrected chi connectivity index (χ1v) is 9.33. The van der Waals surface area contributed by atoms with E-state index in [4.69, 9.17) is 4.74 Å². The molecule has 0 aliphatic carbocycles. The topological polar surface area (TPSA) is 43.2 Å². The molecule has 0 saturated carbocycles. The van der Waals surface area contributed by atoms with E-state index >= 15 is 0 Å². The van der Waals surface area contributed by atoms with Crippen LogP contribution in [0.15, 0.2) is 55.1 Å². The van der Waals surface area contributed by atoms with Crippen LogP contribution in [0.3, 0.4) is 0 Å². The third kappa shape index (κ3) is 4.23.